The number of carbonyl (C=O) groups excluding carboxylic acids is 1. The van der Waals surface area contributed by atoms with Crippen LogP contribution in [0.4, 0.5) is 0 Å². The molecule has 3 aliphatic heterocycles. The van der Waals surface area contributed by atoms with Crippen LogP contribution in [-0.4, -0.2) is 59.8 Å². The summed E-state index contributed by atoms with van der Waals surface area (Å²) < 4.78 is 35.1. The fourth-order valence-electron chi connectivity index (χ4n) is 3.54. The van der Waals surface area contributed by atoms with Crippen LogP contribution in [0.5, 0.6) is 0 Å². The Balaban J connectivity index is 1.48. The number of ether oxygens (including phenoxy) is 6. The zero-order valence-corrected chi connectivity index (χ0v) is 15.2. The maximum atomic E-state index is 12.2. The molecule has 0 spiro atoms. The molecule has 0 aromatic carbocycles. The van der Waals surface area contributed by atoms with E-state index in [2.05, 4.69) is 4.98 Å². The molecule has 26 heavy (non-hydrogen) atoms. The lowest BCUT2D eigenvalue weighted by molar-refractivity contribution is -0.240. The van der Waals surface area contributed by atoms with Gasteiger partial charge in [-0.05, 0) is 39.8 Å². The summed E-state index contributed by atoms with van der Waals surface area (Å²) in [5.74, 6) is -2.09. The number of fused-ring (bicyclic) bond motifs is 3. The predicted octanol–water partition coefficient (Wildman–Crippen LogP) is 1.63. The molecule has 142 valence electrons. The van der Waals surface area contributed by atoms with Gasteiger partial charge in [0, 0.05) is 6.20 Å². The molecule has 3 saturated heterocycles. The van der Waals surface area contributed by atoms with Crippen molar-refractivity contribution in [1.82, 2.24) is 4.98 Å². The second-order valence-corrected chi connectivity index (χ2v) is 7.52. The average Bonchev–Trinajstić information content (AvgIpc) is 3.07. The first-order valence-electron chi connectivity index (χ1n) is 8.69. The van der Waals surface area contributed by atoms with Crippen LogP contribution in [0.1, 0.15) is 38.2 Å². The zero-order valence-electron chi connectivity index (χ0n) is 15.2. The summed E-state index contributed by atoms with van der Waals surface area (Å²) in [6, 6.07) is 5.05. The minimum atomic E-state index is -0.785. The van der Waals surface area contributed by atoms with Crippen LogP contribution in [-0.2, 0) is 28.4 Å². The van der Waals surface area contributed by atoms with Crippen LogP contribution in [0.15, 0.2) is 24.4 Å². The standard InChI is InChI=1S/C18H23NO7/c1-17(2)23-12-11(9-21-15(20)10-7-5-6-8-19-10)22-16-14(13(12)24-17)25-18(3,4)26-16/h5-8,11-14,16H,9H2,1-4H3. The van der Waals surface area contributed by atoms with E-state index in [4.69, 9.17) is 28.4 Å². The van der Waals surface area contributed by atoms with Crippen molar-refractivity contribution in [3.8, 4) is 0 Å². The highest BCUT2D eigenvalue weighted by molar-refractivity contribution is 5.87. The van der Waals surface area contributed by atoms with Crippen molar-refractivity contribution < 1.29 is 33.2 Å². The zero-order chi connectivity index (χ0) is 18.5. The molecule has 3 fully saturated rings. The van der Waals surface area contributed by atoms with E-state index in [1.54, 1.807) is 18.2 Å². The lowest BCUT2D eigenvalue weighted by Crippen LogP contribution is -2.56. The van der Waals surface area contributed by atoms with Gasteiger partial charge in [0.25, 0.3) is 0 Å². The van der Waals surface area contributed by atoms with Gasteiger partial charge in [-0.25, -0.2) is 9.78 Å². The monoisotopic (exact) mass is 365 g/mol. The Bertz CT molecular complexity index is 677. The van der Waals surface area contributed by atoms with Gasteiger partial charge in [-0.2, -0.15) is 0 Å². The highest BCUT2D eigenvalue weighted by atomic mass is 16.9. The van der Waals surface area contributed by atoms with Gasteiger partial charge in [0.2, 0.25) is 0 Å². The van der Waals surface area contributed by atoms with E-state index in [1.165, 1.54) is 6.20 Å². The summed E-state index contributed by atoms with van der Waals surface area (Å²) in [6.07, 6.45) is -0.810. The number of rotatable bonds is 3. The Morgan fingerprint density at radius 1 is 1.04 bits per heavy atom. The van der Waals surface area contributed by atoms with Crippen molar-refractivity contribution in [3.05, 3.63) is 30.1 Å². The number of hydrogen-bond donors (Lipinski definition) is 0. The molecule has 0 saturated carbocycles. The van der Waals surface area contributed by atoms with Gasteiger partial charge in [0.05, 0.1) is 0 Å². The molecule has 0 aliphatic carbocycles. The molecular formula is C18H23NO7. The molecule has 8 nitrogen and oxygen atoms in total. The van der Waals surface area contributed by atoms with Gasteiger partial charge < -0.3 is 28.4 Å². The number of pyridine rings is 1. The topological polar surface area (TPSA) is 85.3 Å². The smallest absolute Gasteiger partial charge is 0.357 e. The SMILES string of the molecule is CC1(C)OC2OC(COC(=O)c3ccccn3)C3OC(C)(C)OC3C2O1. The summed E-state index contributed by atoms with van der Waals surface area (Å²) in [4.78, 5) is 16.2. The van der Waals surface area contributed by atoms with Crippen LogP contribution in [0.2, 0.25) is 0 Å². The molecule has 0 bridgehead atoms. The van der Waals surface area contributed by atoms with E-state index in [-0.39, 0.29) is 18.4 Å². The molecule has 8 heteroatoms. The summed E-state index contributed by atoms with van der Waals surface area (Å²) in [6.45, 7) is 7.31. The summed E-state index contributed by atoms with van der Waals surface area (Å²) in [5.41, 5.74) is 0.239. The number of hydrogen-bond acceptors (Lipinski definition) is 8. The van der Waals surface area contributed by atoms with Crippen molar-refractivity contribution in [2.75, 3.05) is 6.61 Å². The third-order valence-electron chi connectivity index (χ3n) is 4.50. The highest BCUT2D eigenvalue weighted by Crippen LogP contribution is 2.44. The highest BCUT2D eigenvalue weighted by Gasteiger charge is 2.60. The molecule has 3 aliphatic rings. The fraction of sp³-hybridized carbons (Fsp3) is 0.667. The largest absolute Gasteiger partial charge is 0.458 e. The van der Waals surface area contributed by atoms with Crippen molar-refractivity contribution in [2.24, 2.45) is 0 Å². The lowest BCUT2D eigenvalue weighted by atomic mass is 9.99. The molecule has 4 rings (SSSR count). The lowest BCUT2D eigenvalue weighted by Gasteiger charge is -2.36. The average molecular weight is 365 g/mol. The molecule has 5 unspecified atom stereocenters. The predicted molar refractivity (Wildman–Crippen MR) is 87.0 cm³/mol. The quantitative estimate of drug-likeness (QED) is 0.748. The van der Waals surface area contributed by atoms with E-state index in [1.807, 2.05) is 27.7 Å². The van der Waals surface area contributed by atoms with Gasteiger partial charge in [-0.1, -0.05) is 6.07 Å². The first kappa shape index (κ1) is 17.8. The normalized spacial score (nSPS) is 37.0. The fourth-order valence-corrected chi connectivity index (χ4v) is 3.54. The molecule has 0 N–H and O–H groups in total. The maximum absolute atomic E-state index is 12.2. The van der Waals surface area contributed by atoms with Crippen molar-refractivity contribution in [2.45, 2.75) is 70.0 Å². The number of nitrogens with zero attached hydrogens (tertiary/aromatic N) is 1. The third-order valence-corrected chi connectivity index (χ3v) is 4.50. The molecule has 1 aromatic heterocycles. The molecule has 4 heterocycles. The Hall–Kier alpha value is -1.58. The number of esters is 1. The van der Waals surface area contributed by atoms with Gasteiger partial charge in [-0.15, -0.1) is 0 Å². The summed E-state index contributed by atoms with van der Waals surface area (Å²) in [5, 5.41) is 0. The van der Waals surface area contributed by atoms with Crippen molar-refractivity contribution in [3.63, 3.8) is 0 Å². The number of aromatic nitrogens is 1. The van der Waals surface area contributed by atoms with E-state index < -0.39 is 42.1 Å². The van der Waals surface area contributed by atoms with Crippen LogP contribution < -0.4 is 0 Å². The van der Waals surface area contributed by atoms with Gasteiger partial charge in [-0.3, -0.25) is 0 Å². The first-order chi connectivity index (χ1) is 12.2. The van der Waals surface area contributed by atoms with Crippen LogP contribution in [0.3, 0.4) is 0 Å². The van der Waals surface area contributed by atoms with E-state index in [0.29, 0.717) is 0 Å². The van der Waals surface area contributed by atoms with Gasteiger partial charge in [0.15, 0.2) is 17.9 Å². The second-order valence-electron chi connectivity index (χ2n) is 7.52. The minimum absolute atomic E-state index is 0.00300. The van der Waals surface area contributed by atoms with Crippen molar-refractivity contribution >= 4 is 5.97 Å². The Morgan fingerprint density at radius 3 is 2.46 bits per heavy atom. The van der Waals surface area contributed by atoms with E-state index in [0.717, 1.165) is 0 Å². The molecular weight excluding hydrogens is 342 g/mol. The summed E-state index contributed by atoms with van der Waals surface area (Å²) in [7, 11) is 0. The Morgan fingerprint density at radius 2 is 1.73 bits per heavy atom. The number of carbonyl (C=O) groups is 1. The molecule has 1 aromatic rings. The van der Waals surface area contributed by atoms with E-state index in [9.17, 15) is 4.79 Å². The van der Waals surface area contributed by atoms with Crippen LogP contribution in [0, 0.1) is 0 Å². The first-order valence-corrected chi connectivity index (χ1v) is 8.69. The summed E-state index contributed by atoms with van der Waals surface area (Å²) >= 11 is 0. The molecule has 0 radical (unpaired) electrons. The van der Waals surface area contributed by atoms with Gasteiger partial charge in [0.1, 0.15) is 36.7 Å². The van der Waals surface area contributed by atoms with Crippen LogP contribution in [0.25, 0.3) is 0 Å². The minimum Gasteiger partial charge on any atom is -0.458 e. The Labute approximate surface area is 151 Å². The molecule has 5 atom stereocenters. The third kappa shape index (κ3) is 3.35. The Kier molecular flexibility index (Phi) is 4.28. The molecule has 0 amide bonds. The van der Waals surface area contributed by atoms with Crippen LogP contribution >= 0.6 is 0 Å². The van der Waals surface area contributed by atoms with E-state index >= 15 is 0 Å². The van der Waals surface area contributed by atoms with Gasteiger partial charge >= 0.3 is 5.97 Å². The van der Waals surface area contributed by atoms with Crippen molar-refractivity contribution in [1.29, 1.82) is 0 Å². The maximum Gasteiger partial charge on any atom is 0.357 e. The second kappa shape index (κ2) is 6.24.